The van der Waals surface area contributed by atoms with Crippen LogP contribution in [0.2, 0.25) is 0 Å². The summed E-state index contributed by atoms with van der Waals surface area (Å²) in [4.78, 5) is 16.4. The quantitative estimate of drug-likeness (QED) is 0.838. The molecule has 0 bridgehead atoms. The van der Waals surface area contributed by atoms with Crippen LogP contribution >= 0.6 is 0 Å². The average Bonchev–Trinajstić information content (AvgIpc) is 2.27. The molecule has 88 valence electrons. The SMILES string of the molecule is CN(CC(=O)O)c1nccc2ccc(O)cc12. The molecule has 5 nitrogen and oxygen atoms in total. The second-order valence-electron chi connectivity index (χ2n) is 3.79. The molecule has 0 saturated carbocycles. The number of carbonyl (C=O) groups is 1. The smallest absolute Gasteiger partial charge is 0.323 e. The number of nitrogens with zero attached hydrogens (tertiary/aromatic N) is 2. The lowest BCUT2D eigenvalue weighted by atomic mass is 10.1. The first-order chi connectivity index (χ1) is 8.08. The molecular formula is C12H12N2O3. The van der Waals surface area contributed by atoms with E-state index in [9.17, 15) is 9.90 Å². The van der Waals surface area contributed by atoms with Gasteiger partial charge in [-0.2, -0.15) is 0 Å². The van der Waals surface area contributed by atoms with Crippen LogP contribution in [0.3, 0.4) is 0 Å². The van der Waals surface area contributed by atoms with E-state index in [1.54, 1.807) is 31.4 Å². The van der Waals surface area contributed by atoms with Crippen molar-refractivity contribution in [3.05, 3.63) is 30.5 Å². The molecule has 0 saturated heterocycles. The first-order valence-electron chi connectivity index (χ1n) is 5.08. The summed E-state index contributed by atoms with van der Waals surface area (Å²) in [5.41, 5.74) is 0. The van der Waals surface area contributed by atoms with Gasteiger partial charge in [-0.15, -0.1) is 0 Å². The summed E-state index contributed by atoms with van der Waals surface area (Å²) in [5.74, 6) is -0.247. The molecule has 0 amide bonds. The molecule has 2 N–H and O–H groups in total. The van der Waals surface area contributed by atoms with Crippen molar-refractivity contribution < 1.29 is 15.0 Å². The van der Waals surface area contributed by atoms with Gasteiger partial charge in [0.1, 0.15) is 18.1 Å². The van der Waals surface area contributed by atoms with Gasteiger partial charge in [0, 0.05) is 18.6 Å². The topological polar surface area (TPSA) is 73.7 Å². The van der Waals surface area contributed by atoms with Gasteiger partial charge < -0.3 is 15.1 Å². The third-order valence-corrected chi connectivity index (χ3v) is 2.46. The van der Waals surface area contributed by atoms with Crippen LogP contribution in [0.4, 0.5) is 5.82 Å². The van der Waals surface area contributed by atoms with Crippen LogP contribution in [0.25, 0.3) is 10.8 Å². The fourth-order valence-electron chi connectivity index (χ4n) is 1.72. The molecule has 2 rings (SSSR count). The summed E-state index contributed by atoms with van der Waals surface area (Å²) in [6.45, 7) is -0.137. The number of hydrogen-bond donors (Lipinski definition) is 2. The van der Waals surface area contributed by atoms with E-state index >= 15 is 0 Å². The van der Waals surface area contributed by atoms with Crippen LogP contribution in [-0.4, -0.2) is 34.8 Å². The Hall–Kier alpha value is -2.30. The molecule has 1 aromatic heterocycles. The number of phenols is 1. The number of aromatic hydroxyl groups is 1. The second kappa shape index (κ2) is 4.29. The minimum absolute atomic E-state index is 0.135. The Morgan fingerprint density at radius 2 is 2.18 bits per heavy atom. The highest BCUT2D eigenvalue weighted by atomic mass is 16.4. The molecule has 0 spiro atoms. The van der Waals surface area contributed by atoms with Crippen LogP contribution in [0.15, 0.2) is 30.5 Å². The highest BCUT2D eigenvalue weighted by molar-refractivity contribution is 5.94. The third-order valence-electron chi connectivity index (χ3n) is 2.46. The maximum Gasteiger partial charge on any atom is 0.323 e. The number of aromatic nitrogens is 1. The van der Waals surface area contributed by atoms with Gasteiger partial charge in [-0.05, 0) is 23.6 Å². The third kappa shape index (κ3) is 2.28. The summed E-state index contributed by atoms with van der Waals surface area (Å²) >= 11 is 0. The van der Waals surface area contributed by atoms with Crippen LogP contribution in [0, 0.1) is 0 Å². The molecule has 0 atom stereocenters. The van der Waals surface area contributed by atoms with Crippen molar-refractivity contribution in [2.75, 3.05) is 18.5 Å². The molecular weight excluding hydrogens is 220 g/mol. The highest BCUT2D eigenvalue weighted by Crippen LogP contribution is 2.26. The van der Waals surface area contributed by atoms with Crippen molar-refractivity contribution >= 4 is 22.6 Å². The lowest BCUT2D eigenvalue weighted by Crippen LogP contribution is -2.26. The number of phenolic OH excluding ortho intramolecular Hbond substituents is 1. The van der Waals surface area contributed by atoms with E-state index in [0.717, 1.165) is 10.8 Å². The van der Waals surface area contributed by atoms with Gasteiger partial charge in [0.15, 0.2) is 0 Å². The molecule has 1 heterocycles. The Morgan fingerprint density at radius 1 is 1.41 bits per heavy atom. The molecule has 0 unspecified atom stereocenters. The largest absolute Gasteiger partial charge is 0.508 e. The zero-order chi connectivity index (χ0) is 12.4. The van der Waals surface area contributed by atoms with Gasteiger partial charge in [0.2, 0.25) is 0 Å². The maximum atomic E-state index is 10.7. The van der Waals surface area contributed by atoms with E-state index < -0.39 is 5.97 Å². The molecule has 17 heavy (non-hydrogen) atoms. The monoisotopic (exact) mass is 232 g/mol. The predicted molar refractivity (Wildman–Crippen MR) is 64.3 cm³/mol. The van der Waals surface area contributed by atoms with Crippen molar-refractivity contribution in [2.24, 2.45) is 0 Å². The highest BCUT2D eigenvalue weighted by Gasteiger charge is 2.10. The van der Waals surface area contributed by atoms with E-state index in [1.165, 1.54) is 4.90 Å². The van der Waals surface area contributed by atoms with Gasteiger partial charge >= 0.3 is 5.97 Å². The lowest BCUT2D eigenvalue weighted by molar-refractivity contribution is -0.135. The first kappa shape index (κ1) is 11.2. The average molecular weight is 232 g/mol. The first-order valence-corrected chi connectivity index (χ1v) is 5.08. The van der Waals surface area contributed by atoms with Gasteiger partial charge in [0.25, 0.3) is 0 Å². The fourth-order valence-corrected chi connectivity index (χ4v) is 1.72. The van der Waals surface area contributed by atoms with Crippen LogP contribution in [0.5, 0.6) is 5.75 Å². The fraction of sp³-hybridized carbons (Fsp3) is 0.167. The zero-order valence-electron chi connectivity index (χ0n) is 9.29. The van der Waals surface area contributed by atoms with Crippen LogP contribution in [0.1, 0.15) is 0 Å². The standard InChI is InChI=1S/C12H12N2O3/c1-14(7-11(16)17)12-10-6-9(15)3-2-8(10)4-5-13-12/h2-6,15H,7H2,1H3,(H,16,17). The number of pyridine rings is 1. The maximum absolute atomic E-state index is 10.7. The lowest BCUT2D eigenvalue weighted by Gasteiger charge is -2.17. The number of hydrogen-bond acceptors (Lipinski definition) is 4. The van der Waals surface area contributed by atoms with E-state index in [0.29, 0.717) is 5.82 Å². The Balaban J connectivity index is 2.52. The summed E-state index contributed by atoms with van der Waals surface area (Å²) in [6.07, 6.45) is 1.62. The van der Waals surface area contributed by atoms with Gasteiger partial charge in [-0.25, -0.2) is 4.98 Å². The second-order valence-corrected chi connectivity index (χ2v) is 3.79. The molecule has 0 fully saturated rings. The number of anilines is 1. The minimum atomic E-state index is -0.925. The molecule has 2 aromatic rings. The van der Waals surface area contributed by atoms with Crippen molar-refractivity contribution in [2.45, 2.75) is 0 Å². The summed E-state index contributed by atoms with van der Waals surface area (Å²) in [5, 5.41) is 19.8. The van der Waals surface area contributed by atoms with Crippen molar-refractivity contribution in [1.82, 2.24) is 4.98 Å². The van der Waals surface area contributed by atoms with Gasteiger partial charge in [-0.1, -0.05) is 6.07 Å². The number of carboxylic acids is 1. The predicted octanol–water partition coefficient (Wildman–Crippen LogP) is 1.46. The number of fused-ring (bicyclic) bond motifs is 1. The van der Waals surface area contributed by atoms with Crippen molar-refractivity contribution in [1.29, 1.82) is 0 Å². The molecule has 0 aliphatic rings. The van der Waals surface area contributed by atoms with E-state index in [2.05, 4.69) is 4.98 Å². The number of likely N-dealkylation sites (N-methyl/N-ethyl adjacent to an activating group) is 1. The molecule has 0 aliphatic heterocycles. The number of benzene rings is 1. The number of aliphatic carboxylic acids is 1. The molecule has 0 aliphatic carbocycles. The summed E-state index contributed by atoms with van der Waals surface area (Å²) in [6, 6.07) is 6.75. The number of carboxylic acid groups (broad SMARTS) is 1. The van der Waals surface area contributed by atoms with E-state index in [1.807, 2.05) is 6.07 Å². The number of rotatable bonds is 3. The molecule has 0 radical (unpaired) electrons. The Bertz CT molecular complexity index is 569. The normalized spacial score (nSPS) is 10.4. The Morgan fingerprint density at radius 3 is 2.88 bits per heavy atom. The Kier molecular flexibility index (Phi) is 2.82. The van der Waals surface area contributed by atoms with Crippen molar-refractivity contribution in [3.63, 3.8) is 0 Å². The molecule has 5 heteroatoms. The zero-order valence-corrected chi connectivity index (χ0v) is 9.29. The van der Waals surface area contributed by atoms with Gasteiger partial charge in [0.05, 0.1) is 0 Å². The summed E-state index contributed by atoms with van der Waals surface area (Å²) in [7, 11) is 1.65. The minimum Gasteiger partial charge on any atom is -0.508 e. The van der Waals surface area contributed by atoms with Crippen LogP contribution < -0.4 is 4.90 Å². The molecule has 1 aromatic carbocycles. The van der Waals surface area contributed by atoms with Crippen molar-refractivity contribution in [3.8, 4) is 5.75 Å². The van der Waals surface area contributed by atoms with Gasteiger partial charge in [-0.3, -0.25) is 4.79 Å². The summed E-state index contributed by atoms with van der Waals surface area (Å²) < 4.78 is 0. The Labute approximate surface area is 97.9 Å². The van der Waals surface area contributed by atoms with E-state index in [-0.39, 0.29) is 12.3 Å². The van der Waals surface area contributed by atoms with E-state index in [4.69, 9.17) is 5.11 Å². The van der Waals surface area contributed by atoms with Crippen LogP contribution in [-0.2, 0) is 4.79 Å².